The molecule has 29 heavy (non-hydrogen) atoms. The molecule has 0 radical (unpaired) electrons. The summed E-state index contributed by atoms with van der Waals surface area (Å²) < 4.78 is 6.85. The number of fused-ring (bicyclic) bond motifs is 1. The van der Waals surface area contributed by atoms with Crippen molar-refractivity contribution in [1.82, 2.24) is 20.5 Å². The molecular weight excluding hydrogens is 404 g/mol. The van der Waals surface area contributed by atoms with Gasteiger partial charge in [0.1, 0.15) is 0 Å². The smallest absolute Gasteiger partial charge is 0.277 e. The van der Waals surface area contributed by atoms with Crippen LogP contribution in [-0.4, -0.2) is 33.4 Å². The van der Waals surface area contributed by atoms with Gasteiger partial charge in [-0.15, -0.1) is 21.5 Å². The summed E-state index contributed by atoms with van der Waals surface area (Å²) in [7, 11) is 0. The standard InChI is InChI=1S/C21H24N4O2S2/c26-18(22-13-12-15-6-2-1-3-7-15)14-28-21-25-24-19(27-21)10-11-20-23-16-8-4-5-9-17(16)29-20/h4-6,8-9H,1-3,7,10-14H2,(H,22,26). The molecular formula is C21H24N4O2S2. The van der Waals surface area contributed by atoms with Crippen molar-refractivity contribution in [2.45, 2.75) is 50.2 Å². The van der Waals surface area contributed by atoms with E-state index in [9.17, 15) is 4.79 Å². The molecule has 6 nitrogen and oxygen atoms in total. The summed E-state index contributed by atoms with van der Waals surface area (Å²) in [4.78, 5) is 16.6. The Balaban J connectivity index is 1.17. The van der Waals surface area contributed by atoms with Gasteiger partial charge in [-0.05, 0) is 44.2 Å². The van der Waals surface area contributed by atoms with Crippen molar-refractivity contribution < 1.29 is 9.21 Å². The Morgan fingerprint density at radius 2 is 2.10 bits per heavy atom. The topological polar surface area (TPSA) is 80.9 Å². The second-order valence-electron chi connectivity index (χ2n) is 7.03. The van der Waals surface area contributed by atoms with Crippen molar-refractivity contribution in [3.8, 4) is 0 Å². The van der Waals surface area contributed by atoms with E-state index in [0.29, 0.717) is 29.8 Å². The third-order valence-corrected chi connectivity index (χ3v) is 6.73. The number of carbonyl (C=O) groups is 1. The highest BCUT2D eigenvalue weighted by atomic mass is 32.2. The summed E-state index contributed by atoms with van der Waals surface area (Å²) in [6, 6.07) is 8.12. The van der Waals surface area contributed by atoms with E-state index in [1.807, 2.05) is 18.2 Å². The molecule has 8 heteroatoms. The molecule has 0 unspecified atom stereocenters. The van der Waals surface area contributed by atoms with Gasteiger partial charge in [0.2, 0.25) is 11.8 Å². The van der Waals surface area contributed by atoms with E-state index in [0.717, 1.165) is 23.4 Å². The second kappa shape index (κ2) is 10.0. The fourth-order valence-corrected chi connectivity index (χ4v) is 4.89. The lowest BCUT2D eigenvalue weighted by atomic mass is 9.97. The number of thiazole rings is 1. The molecule has 2 aromatic heterocycles. The van der Waals surface area contributed by atoms with Crippen LogP contribution in [0.3, 0.4) is 0 Å². The van der Waals surface area contributed by atoms with E-state index in [4.69, 9.17) is 4.42 Å². The van der Waals surface area contributed by atoms with Crippen molar-refractivity contribution in [3.63, 3.8) is 0 Å². The van der Waals surface area contributed by atoms with Crippen LogP contribution in [0, 0.1) is 0 Å². The number of para-hydroxylation sites is 1. The van der Waals surface area contributed by atoms with Crippen LogP contribution in [0.1, 0.15) is 43.0 Å². The first-order chi connectivity index (χ1) is 14.3. The minimum atomic E-state index is 0.000588. The van der Waals surface area contributed by atoms with E-state index >= 15 is 0 Å². The molecule has 0 bridgehead atoms. The van der Waals surface area contributed by atoms with Gasteiger partial charge in [0.15, 0.2) is 0 Å². The lowest BCUT2D eigenvalue weighted by Gasteiger charge is -2.12. The Hall–Kier alpha value is -2.19. The van der Waals surface area contributed by atoms with Gasteiger partial charge in [-0.3, -0.25) is 4.79 Å². The molecule has 0 fully saturated rings. The molecule has 3 aromatic rings. The van der Waals surface area contributed by atoms with Gasteiger partial charge in [0.25, 0.3) is 5.22 Å². The largest absolute Gasteiger partial charge is 0.416 e. The van der Waals surface area contributed by atoms with Gasteiger partial charge in [0, 0.05) is 19.4 Å². The van der Waals surface area contributed by atoms with Crippen LogP contribution in [0.5, 0.6) is 0 Å². The number of aryl methyl sites for hydroxylation is 2. The Morgan fingerprint density at radius 1 is 1.17 bits per heavy atom. The number of rotatable bonds is 9. The maximum absolute atomic E-state index is 12.0. The predicted octanol–water partition coefficient (Wildman–Crippen LogP) is 4.56. The van der Waals surface area contributed by atoms with Crippen LogP contribution in [-0.2, 0) is 17.6 Å². The first kappa shape index (κ1) is 20.1. The van der Waals surface area contributed by atoms with Crippen molar-refractivity contribution in [3.05, 3.63) is 46.8 Å². The fourth-order valence-electron chi connectivity index (χ4n) is 3.31. The van der Waals surface area contributed by atoms with Crippen LogP contribution in [0.25, 0.3) is 10.2 Å². The van der Waals surface area contributed by atoms with Crippen LogP contribution in [0.15, 0.2) is 45.6 Å². The summed E-state index contributed by atoms with van der Waals surface area (Å²) in [5, 5.41) is 12.6. The highest BCUT2D eigenvalue weighted by Crippen LogP contribution is 2.23. The summed E-state index contributed by atoms with van der Waals surface area (Å²) >= 11 is 2.97. The number of hydrogen-bond acceptors (Lipinski definition) is 7. The monoisotopic (exact) mass is 428 g/mol. The molecule has 1 N–H and O–H groups in total. The quantitative estimate of drug-likeness (QED) is 0.397. The molecule has 2 heterocycles. The molecule has 4 rings (SSSR count). The zero-order chi connectivity index (χ0) is 19.9. The van der Waals surface area contributed by atoms with Gasteiger partial charge in [0.05, 0.1) is 21.0 Å². The number of nitrogens with one attached hydrogen (secondary N) is 1. The Kier molecular flexibility index (Phi) is 6.95. The SMILES string of the molecule is O=C(CSc1nnc(CCc2nc3ccccc3s2)o1)NCCC1=CCCCC1. The Bertz CT molecular complexity index is 962. The second-order valence-corrected chi connectivity index (χ2v) is 9.08. The molecule has 0 aliphatic heterocycles. The minimum absolute atomic E-state index is 0.000588. The highest BCUT2D eigenvalue weighted by Gasteiger charge is 2.11. The summed E-state index contributed by atoms with van der Waals surface area (Å²) in [6.07, 6.45) is 9.60. The number of amides is 1. The summed E-state index contributed by atoms with van der Waals surface area (Å²) in [6.45, 7) is 0.697. The molecule has 1 aromatic carbocycles. The van der Waals surface area contributed by atoms with Gasteiger partial charge < -0.3 is 9.73 Å². The number of carbonyl (C=O) groups excluding carboxylic acids is 1. The van der Waals surface area contributed by atoms with E-state index in [2.05, 4.69) is 32.6 Å². The molecule has 1 amide bonds. The van der Waals surface area contributed by atoms with Crippen LogP contribution in [0.2, 0.25) is 0 Å². The van der Waals surface area contributed by atoms with Gasteiger partial charge >= 0.3 is 0 Å². The van der Waals surface area contributed by atoms with Gasteiger partial charge in [-0.25, -0.2) is 4.98 Å². The summed E-state index contributed by atoms with van der Waals surface area (Å²) in [5.74, 6) is 0.871. The molecule has 0 atom stereocenters. The lowest BCUT2D eigenvalue weighted by Crippen LogP contribution is -2.26. The average Bonchev–Trinajstić information content (AvgIpc) is 3.38. The average molecular weight is 429 g/mol. The molecule has 0 spiro atoms. The zero-order valence-corrected chi connectivity index (χ0v) is 17.9. The van der Waals surface area contributed by atoms with E-state index in [1.165, 1.54) is 47.7 Å². The minimum Gasteiger partial charge on any atom is -0.416 e. The molecule has 0 saturated heterocycles. The number of thioether (sulfide) groups is 1. The maximum Gasteiger partial charge on any atom is 0.277 e. The van der Waals surface area contributed by atoms with Crippen LogP contribution in [0.4, 0.5) is 0 Å². The Morgan fingerprint density at radius 3 is 2.97 bits per heavy atom. The van der Waals surface area contributed by atoms with E-state index < -0.39 is 0 Å². The first-order valence-electron chi connectivity index (χ1n) is 10.0. The number of aromatic nitrogens is 3. The van der Waals surface area contributed by atoms with Crippen LogP contribution < -0.4 is 5.32 Å². The lowest BCUT2D eigenvalue weighted by molar-refractivity contribution is -0.118. The molecule has 0 saturated carbocycles. The summed E-state index contributed by atoms with van der Waals surface area (Å²) in [5.41, 5.74) is 2.50. The fraction of sp³-hybridized carbons (Fsp3) is 0.429. The van der Waals surface area contributed by atoms with Gasteiger partial charge in [-0.1, -0.05) is 35.5 Å². The number of hydrogen-bond donors (Lipinski definition) is 1. The predicted molar refractivity (Wildman–Crippen MR) is 116 cm³/mol. The van der Waals surface area contributed by atoms with Crippen LogP contribution >= 0.6 is 23.1 Å². The van der Waals surface area contributed by atoms with Crippen molar-refractivity contribution in [2.24, 2.45) is 0 Å². The third kappa shape index (κ3) is 5.90. The van der Waals surface area contributed by atoms with E-state index in [1.54, 1.807) is 11.3 Å². The Labute approximate surface area is 178 Å². The molecule has 152 valence electrons. The zero-order valence-electron chi connectivity index (χ0n) is 16.2. The number of nitrogens with zero attached hydrogens (tertiary/aromatic N) is 3. The van der Waals surface area contributed by atoms with Crippen molar-refractivity contribution in [2.75, 3.05) is 12.3 Å². The number of allylic oxidation sites excluding steroid dienone is 1. The first-order valence-corrected chi connectivity index (χ1v) is 11.8. The number of benzene rings is 1. The molecule has 1 aliphatic rings. The van der Waals surface area contributed by atoms with Crippen molar-refractivity contribution >= 4 is 39.2 Å². The highest BCUT2D eigenvalue weighted by molar-refractivity contribution is 7.99. The normalized spacial score (nSPS) is 14.1. The van der Waals surface area contributed by atoms with E-state index in [-0.39, 0.29) is 5.91 Å². The maximum atomic E-state index is 12.0. The molecule has 1 aliphatic carbocycles. The van der Waals surface area contributed by atoms with Gasteiger partial charge in [-0.2, -0.15) is 0 Å². The third-order valence-electron chi connectivity index (χ3n) is 4.82. The van der Waals surface area contributed by atoms with Crippen molar-refractivity contribution in [1.29, 1.82) is 0 Å².